The van der Waals surface area contributed by atoms with Crippen molar-refractivity contribution in [3.05, 3.63) is 53.8 Å². The highest BCUT2D eigenvalue weighted by Crippen LogP contribution is 2.06. The summed E-state index contributed by atoms with van der Waals surface area (Å²) >= 11 is 0. The molecule has 0 N–H and O–H groups in total. The first-order valence-electron chi connectivity index (χ1n) is 5.70. The molecular formula is C14H19NO2. The molecular weight excluding hydrogens is 214 g/mol. The lowest BCUT2D eigenvalue weighted by Crippen LogP contribution is -2.10. The molecule has 1 aromatic rings. The molecule has 0 aliphatic heterocycles. The largest absolute Gasteiger partial charge is 0.624 e. The number of hydrogen-bond acceptors (Lipinski definition) is 2. The van der Waals surface area contributed by atoms with Gasteiger partial charge in [-0.25, -0.2) is 4.74 Å². The van der Waals surface area contributed by atoms with Crippen molar-refractivity contribution in [3.63, 3.8) is 0 Å². The topological polar surface area (TPSA) is 35.3 Å². The lowest BCUT2D eigenvalue weighted by Gasteiger charge is -2.10. The van der Waals surface area contributed by atoms with Crippen LogP contribution in [0.1, 0.15) is 12.0 Å². The molecule has 3 nitrogen and oxygen atoms in total. The average Bonchev–Trinajstić information content (AvgIpc) is 2.34. The van der Waals surface area contributed by atoms with E-state index in [0.717, 1.165) is 10.3 Å². The van der Waals surface area contributed by atoms with Gasteiger partial charge in [0.2, 0.25) is 0 Å². The first-order valence-corrected chi connectivity index (χ1v) is 5.70. The smallest absolute Gasteiger partial charge is 0.151 e. The van der Waals surface area contributed by atoms with E-state index in [1.807, 2.05) is 36.4 Å². The molecule has 1 rings (SSSR count). The van der Waals surface area contributed by atoms with E-state index in [4.69, 9.17) is 4.74 Å². The molecule has 0 aliphatic rings. The van der Waals surface area contributed by atoms with Crippen molar-refractivity contribution < 1.29 is 9.48 Å². The van der Waals surface area contributed by atoms with Crippen molar-refractivity contribution >= 4 is 6.21 Å². The third-order valence-corrected chi connectivity index (χ3v) is 2.44. The van der Waals surface area contributed by atoms with Crippen LogP contribution in [0.25, 0.3) is 0 Å². The van der Waals surface area contributed by atoms with E-state index in [2.05, 4.69) is 6.58 Å². The Balaban J connectivity index is 2.29. The SMILES string of the molecule is C=CC(C/C=[N+](\C)[O-])COCc1ccccc1. The summed E-state index contributed by atoms with van der Waals surface area (Å²) in [6, 6.07) is 10.0. The highest BCUT2D eigenvalue weighted by Gasteiger charge is 2.04. The maximum atomic E-state index is 10.7. The summed E-state index contributed by atoms with van der Waals surface area (Å²) in [4.78, 5) is 0. The molecule has 3 heteroatoms. The van der Waals surface area contributed by atoms with Gasteiger partial charge < -0.3 is 9.94 Å². The van der Waals surface area contributed by atoms with Crippen molar-refractivity contribution in [3.8, 4) is 0 Å². The normalized spacial score (nSPS) is 13.4. The Morgan fingerprint density at radius 2 is 2.12 bits per heavy atom. The quantitative estimate of drug-likeness (QED) is 0.238. The fraction of sp³-hybridized carbons (Fsp3) is 0.357. The van der Waals surface area contributed by atoms with E-state index < -0.39 is 0 Å². The predicted octanol–water partition coefficient (Wildman–Crippen LogP) is 2.61. The van der Waals surface area contributed by atoms with Crippen LogP contribution < -0.4 is 0 Å². The number of nitrogens with zero attached hydrogens (tertiary/aromatic N) is 1. The van der Waals surface area contributed by atoms with Crippen LogP contribution in [0.15, 0.2) is 43.0 Å². The summed E-state index contributed by atoms with van der Waals surface area (Å²) < 4.78 is 6.41. The first kappa shape index (κ1) is 13.5. The minimum atomic E-state index is 0.190. The maximum absolute atomic E-state index is 10.7. The Morgan fingerprint density at radius 3 is 2.71 bits per heavy atom. The van der Waals surface area contributed by atoms with Crippen LogP contribution in [0.4, 0.5) is 0 Å². The highest BCUT2D eigenvalue weighted by atomic mass is 16.5. The number of ether oxygens (including phenoxy) is 1. The lowest BCUT2D eigenvalue weighted by atomic mass is 10.1. The van der Waals surface area contributed by atoms with Gasteiger partial charge in [-0.2, -0.15) is 0 Å². The molecule has 1 unspecified atom stereocenters. The summed E-state index contributed by atoms with van der Waals surface area (Å²) in [6.45, 7) is 4.93. The van der Waals surface area contributed by atoms with Crippen molar-refractivity contribution in [2.45, 2.75) is 13.0 Å². The van der Waals surface area contributed by atoms with Crippen LogP contribution in [-0.4, -0.2) is 24.6 Å². The summed E-state index contributed by atoms with van der Waals surface area (Å²) in [5.74, 6) is 0.190. The Hall–Kier alpha value is -1.61. The summed E-state index contributed by atoms with van der Waals surface area (Å²) in [5, 5.41) is 10.7. The molecule has 0 radical (unpaired) electrons. The van der Waals surface area contributed by atoms with Crippen LogP contribution in [0, 0.1) is 11.1 Å². The Bertz CT molecular complexity index is 356. The average molecular weight is 233 g/mol. The van der Waals surface area contributed by atoms with Crippen LogP contribution in [-0.2, 0) is 11.3 Å². The Morgan fingerprint density at radius 1 is 1.41 bits per heavy atom. The molecule has 0 fully saturated rings. The second-order valence-electron chi connectivity index (χ2n) is 3.96. The number of hydrogen-bond donors (Lipinski definition) is 0. The zero-order chi connectivity index (χ0) is 12.5. The number of rotatable bonds is 7. The molecule has 0 aromatic heterocycles. The second-order valence-corrected chi connectivity index (χ2v) is 3.96. The second kappa shape index (κ2) is 7.63. The zero-order valence-corrected chi connectivity index (χ0v) is 10.2. The zero-order valence-electron chi connectivity index (χ0n) is 10.2. The molecule has 0 saturated carbocycles. The van der Waals surface area contributed by atoms with Crippen molar-refractivity contribution in [2.24, 2.45) is 5.92 Å². The van der Waals surface area contributed by atoms with Gasteiger partial charge in [0.05, 0.1) is 13.2 Å². The molecule has 0 spiro atoms. The fourth-order valence-electron chi connectivity index (χ4n) is 1.42. The standard InChI is InChI=1S/C14H19NO2/c1-3-13(9-10-15(2)16)11-17-12-14-7-5-4-6-8-14/h3-8,10,13H,1,9,11-12H2,2H3/b15-10+. The number of hydroxylamine groups is 1. The third kappa shape index (κ3) is 5.88. The molecule has 0 aliphatic carbocycles. The van der Waals surface area contributed by atoms with E-state index in [1.54, 1.807) is 6.21 Å². The summed E-state index contributed by atoms with van der Waals surface area (Å²) in [7, 11) is 1.48. The first-order chi connectivity index (χ1) is 8.22. The molecule has 92 valence electrons. The fourth-order valence-corrected chi connectivity index (χ4v) is 1.42. The lowest BCUT2D eigenvalue weighted by molar-refractivity contribution is -0.418. The summed E-state index contributed by atoms with van der Waals surface area (Å²) in [5.41, 5.74) is 1.15. The van der Waals surface area contributed by atoms with Crippen LogP contribution >= 0.6 is 0 Å². The van der Waals surface area contributed by atoms with Crippen LogP contribution in [0.2, 0.25) is 0 Å². The summed E-state index contributed by atoms with van der Waals surface area (Å²) in [6.07, 6.45) is 4.08. The Kier molecular flexibility index (Phi) is 6.04. The minimum Gasteiger partial charge on any atom is -0.624 e. The van der Waals surface area contributed by atoms with Gasteiger partial charge in [-0.05, 0) is 5.56 Å². The van der Waals surface area contributed by atoms with Gasteiger partial charge in [-0.3, -0.25) is 0 Å². The molecule has 1 atom stereocenters. The molecule has 0 amide bonds. The Labute approximate surface area is 103 Å². The van der Waals surface area contributed by atoms with Crippen molar-refractivity contribution in [2.75, 3.05) is 13.7 Å². The molecule has 1 aromatic carbocycles. The molecule has 0 saturated heterocycles. The van der Waals surface area contributed by atoms with Gasteiger partial charge in [-0.1, -0.05) is 36.4 Å². The van der Waals surface area contributed by atoms with Gasteiger partial charge in [0.1, 0.15) is 7.05 Å². The van der Waals surface area contributed by atoms with Gasteiger partial charge in [0.15, 0.2) is 6.21 Å². The van der Waals surface area contributed by atoms with Crippen molar-refractivity contribution in [1.82, 2.24) is 0 Å². The van der Waals surface area contributed by atoms with E-state index >= 15 is 0 Å². The molecule has 0 heterocycles. The van der Waals surface area contributed by atoms with Gasteiger partial charge in [-0.15, -0.1) is 6.58 Å². The monoisotopic (exact) mass is 233 g/mol. The van der Waals surface area contributed by atoms with Crippen LogP contribution in [0.5, 0.6) is 0 Å². The molecule has 0 bridgehead atoms. The van der Waals surface area contributed by atoms with Gasteiger partial charge >= 0.3 is 0 Å². The molecule has 17 heavy (non-hydrogen) atoms. The van der Waals surface area contributed by atoms with E-state index in [0.29, 0.717) is 19.6 Å². The number of benzene rings is 1. The van der Waals surface area contributed by atoms with E-state index in [9.17, 15) is 5.21 Å². The minimum absolute atomic E-state index is 0.190. The van der Waals surface area contributed by atoms with Gasteiger partial charge in [0, 0.05) is 12.3 Å². The van der Waals surface area contributed by atoms with E-state index in [-0.39, 0.29) is 5.92 Å². The van der Waals surface area contributed by atoms with Crippen molar-refractivity contribution in [1.29, 1.82) is 0 Å². The third-order valence-electron chi connectivity index (χ3n) is 2.44. The van der Waals surface area contributed by atoms with E-state index in [1.165, 1.54) is 7.05 Å². The highest BCUT2D eigenvalue weighted by molar-refractivity contribution is 5.52. The van der Waals surface area contributed by atoms with Gasteiger partial charge in [0.25, 0.3) is 0 Å². The maximum Gasteiger partial charge on any atom is 0.151 e. The van der Waals surface area contributed by atoms with Crippen LogP contribution in [0.3, 0.4) is 0 Å². The predicted molar refractivity (Wildman–Crippen MR) is 70.0 cm³/mol.